The predicted molar refractivity (Wildman–Crippen MR) is 128 cm³/mol. The predicted octanol–water partition coefficient (Wildman–Crippen LogP) is 4.37. The summed E-state index contributed by atoms with van der Waals surface area (Å²) < 4.78 is 3.74. The highest BCUT2D eigenvalue weighted by molar-refractivity contribution is 5.89. The second-order valence-corrected chi connectivity index (χ2v) is 7.82. The highest BCUT2D eigenvalue weighted by atomic mass is 16.6. The third kappa shape index (κ3) is 4.40. The molecule has 8 nitrogen and oxygen atoms in total. The van der Waals surface area contributed by atoms with Gasteiger partial charge in [0.25, 0.3) is 0 Å². The monoisotopic (exact) mass is 447 g/mol. The molecule has 0 aliphatic carbocycles. The third-order valence-corrected chi connectivity index (χ3v) is 5.41. The van der Waals surface area contributed by atoms with Crippen LogP contribution in [0.15, 0.2) is 84.3 Å². The standard InChI is InChI=1S/C26H21N7O/c1-19-6-5-13-33-24(25(29-26(19)33)22-7-3-2-4-8-22)15-28-34-18-23-17-32(31-30-23)16-21-11-9-20(14-27)10-12-21/h2-13,15,17H,16,18H2,1H3/b28-15+. The quantitative estimate of drug-likeness (QED) is 0.273. The molecule has 0 fully saturated rings. The average Bonchev–Trinajstić information content (AvgIpc) is 3.48. The number of nitrogens with zero attached hydrogens (tertiary/aromatic N) is 7. The summed E-state index contributed by atoms with van der Waals surface area (Å²) in [4.78, 5) is 10.4. The molecule has 0 bridgehead atoms. The molecule has 5 aromatic rings. The fourth-order valence-corrected chi connectivity index (χ4v) is 3.70. The van der Waals surface area contributed by atoms with Crippen LogP contribution in [0.1, 0.15) is 28.1 Å². The Balaban J connectivity index is 1.30. The maximum Gasteiger partial charge on any atom is 0.162 e. The van der Waals surface area contributed by atoms with E-state index in [9.17, 15) is 0 Å². The van der Waals surface area contributed by atoms with Crippen LogP contribution in [0.25, 0.3) is 16.9 Å². The molecule has 34 heavy (non-hydrogen) atoms. The van der Waals surface area contributed by atoms with Crippen LogP contribution in [0, 0.1) is 18.3 Å². The van der Waals surface area contributed by atoms with Gasteiger partial charge >= 0.3 is 0 Å². The molecule has 0 aliphatic heterocycles. The van der Waals surface area contributed by atoms with E-state index in [1.165, 1.54) is 0 Å². The first kappa shape index (κ1) is 21.1. The number of benzene rings is 2. The highest BCUT2D eigenvalue weighted by Gasteiger charge is 2.13. The summed E-state index contributed by atoms with van der Waals surface area (Å²) in [6.45, 7) is 2.79. The molecule has 0 spiro atoms. The van der Waals surface area contributed by atoms with E-state index in [0.29, 0.717) is 17.8 Å². The molecule has 0 aliphatic rings. The van der Waals surface area contributed by atoms with Gasteiger partial charge in [-0.15, -0.1) is 5.10 Å². The molecule has 0 amide bonds. The number of pyridine rings is 1. The van der Waals surface area contributed by atoms with Crippen molar-refractivity contribution in [1.29, 1.82) is 5.26 Å². The van der Waals surface area contributed by atoms with E-state index in [0.717, 1.165) is 33.7 Å². The summed E-state index contributed by atoms with van der Waals surface area (Å²) >= 11 is 0. The van der Waals surface area contributed by atoms with Crippen molar-refractivity contribution in [3.63, 3.8) is 0 Å². The van der Waals surface area contributed by atoms with Gasteiger partial charge in [0, 0.05) is 11.8 Å². The van der Waals surface area contributed by atoms with Gasteiger partial charge in [-0.25, -0.2) is 9.67 Å². The highest BCUT2D eigenvalue weighted by Crippen LogP contribution is 2.24. The van der Waals surface area contributed by atoms with Crippen molar-refractivity contribution < 1.29 is 4.84 Å². The minimum Gasteiger partial charge on any atom is -0.389 e. The molecular formula is C26H21N7O. The first-order valence-electron chi connectivity index (χ1n) is 10.8. The molecule has 0 radical (unpaired) electrons. The van der Waals surface area contributed by atoms with Crippen LogP contribution in [0.3, 0.4) is 0 Å². The van der Waals surface area contributed by atoms with Crippen molar-refractivity contribution in [3.05, 3.63) is 107 Å². The van der Waals surface area contributed by atoms with E-state index in [2.05, 4.69) is 21.5 Å². The van der Waals surface area contributed by atoms with Crippen molar-refractivity contribution in [2.45, 2.75) is 20.1 Å². The summed E-state index contributed by atoms with van der Waals surface area (Å²) in [5.74, 6) is 0. The van der Waals surface area contributed by atoms with Gasteiger partial charge in [-0.1, -0.05) is 58.9 Å². The smallest absolute Gasteiger partial charge is 0.162 e. The topological polar surface area (TPSA) is 93.4 Å². The zero-order chi connectivity index (χ0) is 23.3. The Morgan fingerprint density at radius 1 is 1.06 bits per heavy atom. The molecule has 3 aromatic heterocycles. The van der Waals surface area contributed by atoms with E-state index in [1.54, 1.807) is 23.0 Å². The number of aryl methyl sites for hydroxylation is 1. The fraction of sp³-hybridized carbons (Fsp3) is 0.115. The molecule has 2 aromatic carbocycles. The number of nitriles is 1. The SMILES string of the molecule is Cc1cccn2c(/C=N/OCc3cn(Cc4ccc(C#N)cc4)nn3)c(-c3ccccc3)nc12. The Morgan fingerprint density at radius 3 is 2.68 bits per heavy atom. The van der Waals surface area contributed by atoms with Gasteiger partial charge in [0.2, 0.25) is 0 Å². The maximum atomic E-state index is 8.91. The van der Waals surface area contributed by atoms with E-state index >= 15 is 0 Å². The molecule has 5 rings (SSSR count). The lowest BCUT2D eigenvalue weighted by Crippen LogP contribution is -2.00. The van der Waals surface area contributed by atoms with E-state index in [-0.39, 0.29) is 6.61 Å². The van der Waals surface area contributed by atoms with Crippen LogP contribution < -0.4 is 0 Å². The van der Waals surface area contributed by atoms with Crippen LogP contribution >= 0.6 is 0 Å². The Bertz CT molecular complexity index is 1490. The molecule has 0 saturated heterocycles. The molecule has 0 saturated carbocycles. The molecule has 166 valence electrons. The first-order chi connectivity index (χ1) is 16.7. The molecule has 3 heterocycles. The normalized spacial score (nSPS) is 11.2. The van der Waals surface area contributed by atoms with Gasteiger partial charge in [-0.2, -0.15) is 5.26 Å². The minimum absolute atomic E-state index is 0.195. The van der Waals surface area contributed by atoms with E-state index in [4.69, 9.17) is 15.1 Å². The average molecular weight is 448 g/mol. The van der Waals surface area contributed by atoms with E-state index in [1.807, 2.05) is 78.3 Å². The van der Waals surface area contributed by atoms with Gasteiger partial charge in [-0.3, -0.25) is 4.40 Å². The summed E-state index contributed by atoms with van der Waals surface area (Å²) in [5, 5.41) is 21.4. The van der Waals surface area contributed by atoms with E-state index < -0.39 is 0 Å². The zero-order valence-corrected chi connectivity index (χ0v) is 18.5. The minimum atomic E-state index is 0.195. The Kier molecular flexibility index (Phi) is 5.82. The lowest BCUT2D eigenvalue weighted by molar-refractivity contribution is 0.129. The Hall–Kier alpha value is -4.77. The second kappa shape index (κ2) is 9.38. The van der Waals surface area contributed by atoms with Crippen molar-refractivity contribution in [2.24, 2.45) is 5.16 Å². The number of hydrogen-bond donors (Lipinski definition) is 0. The molecular weight excluding hydrogens is 426 g/mol. The van der Waals surface area contributed by atoms with Crippen LogP contribution in [0.2, 0.25) is 0 Å². The van der Waals surface area contributed by atoms with Gasteiger partial charge in [0.05, 0.1) is 42.0 Å². The number of rotatable bonds is 7. The Labute approximate surface area is 196 Å². The molecule has 0 N–H and O–H groups in total. The zero-order valence-electron chi connectivity index (χ0n) is 18.5. The molecule has 0 atom stereocenters. The van der Waals surface area contributed by atoms with Crippen molar-refractivity contribution in [1.82, 2.24) is 24.4 Å². The third-order valence-electron chi connectivity index (χ3n) is 5.41. The van der Waals surface area contributed by atoms with Crippen LogP contribution in [0.4, 0.5) is 0 Å². The molecule has 0 unspecified atom stereocenters. The summed E-state index contributed by atoms with van der Waals surface area (Å²) in [6, 6.07) is 23.6. The van der Waals surface area contributed by atoms with Crippen LogP contribution in [0.5, 0.6) is 0 Å². The van der Waals surface area contributed by atoms with Crippen molar-refractivity contribution in [2.75, 3.05) is 0 Å². The van der Waals surface area contributed by atoms with Crippen molar-refractivity contribution >= 4 is 11.9 Å². The Morgan fingerprint density at radius 2 is 1.88 bits per heavy atom. The lowest BCUT2D eigenvalue weighted by Gasteiger charge is -2.01. The number of oxime groups is 1. The van der Waals surface area contributed by atoms with Crippen molar-refractivity contribution in [3.8, 4) is 17.3 Å². The number of aromatic nitrogens is 5. The summed E-state index contributed by atoms with van der Waals surface area (Å²) in [7, 11) is 0. The summed E-state index contributed by atoms with van der Waals surface area (Å²) in [6.07, 6.45) is 5.47. The van der Waals surface area contributed by atoms with Gasteiger partial charge < -0.3 is 4.84 Å². The van der Waals surface area contributed by atoms with Crippen LogP contribution in [-0.2, 0) is 18.0 Å². The first-order valence-corrected chi connectivity index (χ1v) is 10.8. The second-order valence-electron chi connectivity index (χ2n) is 7.82. The fourth-order valence-electron chi connectivity index (χ4n) is 3.70. The summed E-state index contributed by atoms with van der Waals surface area (Å²) in [5.41, 5.74) is 7.00. The van der Waals surface area contributed by atoms with Gasteiger partial charge in [-0.05, 0) is 36.2 Å². The lowest BCUT2D eigenvalue weighted by atomic mass is 10.1. The number of fused-ring (bicyclic) bond motifs is 1. The largest absolute Gasteiger partial charge is 0.389 e. The van der Waals surface area contributed by atoms with Gasteiger partial charge in [0.15, 0.2) is 6.61 Å². The molecule has 8 heteroatoms. The number of imidazole rings is 1. The van der Waals surface area contributed by atoms with Crippen LogP contribution in [-0.4, -0.2) is 30.6 Å². The van der Waals surface area contributed by atoms with Gasteiger partial charge in [0.1, 0.15) is 11.3 Å². The number of hydrogen-bond acceptors (Lipinski definition) is 6. The maximum absolute atomic E-state index is 8.91.